The molecule has 8 nitrogen and oxygen atoms in total. The first-order valence-corrected chi connectivity index (χ1v) is 8.69. The Balaban J connectivity index is 1.40. The van der Waals surface area contributed by atoms with Gasteiger partial charge in [-0.3, -0.25) is 14.6 Å². The monoisotopic (exact) mass is 337 g/mol. The topological polar surface area (TPSA) is 83.7 Å². The second kappa shape index (κ2) is 8.04. The minimum Gasteiger partial charge on any atom is -0.381 e. The number of nitrogens with one attached hydrogen (secondary N) is 1. The van der Waals surface area contributed by atoms with Gasteiger partial charge in [0.15, 0.2) is 5.82 Å². The van der Waals surface area contributed by atoms with Crippen molar-refractivity contribution in [3.8, 4) is 0 Å². The molecule has 0 bridgehead atoms. The van der Waals surface area contributed by atoms with Gasteiger partial charge in [0.2, 0.25) is 11.8 Å². The molecular formula is C16H27N5O3. The Morgan fingerprint density at radius 1 is 1.38 bits per heavy atom. The Kier molecular flexibility index (Phi) is 5.80. The molecule has 1 amide bonds. The van der Waals surface area contributed by atoms with E-state index in [-0.39, 0.29) is 11.9 Å². The zero-order valence-electron chi connectivity index (χ0n) is 14.5. The number of ether oxygens (including phenoxy) is 1. The highest BCUT2D eigenvalue weighted by atomic mass is 16.5. The maximum Gasteiger partial charge on any atom is 0.234 e. The third kappa shape index (κ3) is 4.75. The van der Waals surface area contributed by atoms with Crippen LogP contribution >= 0.6 is 0 Å². The molecule has 1 aromatic rings. The van der Waals surface area contributed by atoms with E-state index in [4.69, 9.17) is 9.26 Å². The molecule has 0 aromatic carbocycles. The van der Waals surface area contributed by atoms with Crippen LogP contribution in [0.1, 0.15) is 31.0 Å². The van der Waals surface area contributed by atoms with E-state index in [0.717, 1.165) is 45.6 Å². The van der Waals surface area contributed by atoms with Crippen LogP contribution in [0, 0.1) is 6.92 Å². The molecule has 0 radical (unpaired) electrons. The number of aromatic nitrogens is 2. The number of likely N-dealkylation sites (N-methyl/N-ethyl adjacent to an activating group) is 1. The van der Waals surface area contributed by atoms with Crippen molar-refractivity contribution in [2.24, 2.45) is 0 Å². The maximum absolute atomic E-state index is 12.2. The van der Waals surface area contributed by atoms with E-state index in [0.29, 0.717) is 30.8 Å². The van der Waals surface area contributed by atoms with Crippen LogP contribution in [-0.4, -0.2) is 77.8 Å². The molecule has 2 saturated heterocycles. The van der Waals surface area contributed by atoms with Crippen molar-refractivity contribution < 1.29 is 14.1 Å². The zero-order valence-corrected chi connectivity index (χ0v) is 14.5. The summed E-state index contributed by atoms with van der Waals surface area (Å²) in [4.78, 5) is 20.9. The summed E-state index contributed by atoms with van der Waals surface area (Å²) in [5, 5.41) is 7.07. The first-order chi connectivity index (χ1) is 11.6. The van der Waals surface area contributed by atoms with Crippen molar-refractivity contribution in [2.75, 3.05) is 39.9 Å². The first kappa shape index (κ1) is 17.3. The summed E-state index contributed by atoms with van der Waals surface area (Å²) < 4.78 is 10.3. The predicted octanol–water partition coefficient (Wildman–Crippen LogP) is 0.179. The number of amides is 1. The molecule has 24 heavy (non-hydrogen) atoms. The highest BCUT2D eigenvalue weighted by Gasteiger charge is 2.28. The lowest BCUT2D eigenvalue weighted by Gasteiger charge is -2.25. The van der Waals surface area contributed by atoms with E-state index in [9.17, 15) is 4.79 Å². The number of aryl methyl sites for hydroxylation is 1. The van der Waals surface area contributed by atoms with E-state index in [2.05, 4.69) is 32.3 Å². The van der Waals surface area contributed by atoms with E-state index < -0.39 is 0 Å². The summed E-state index contributed by atoms with van der Waals surface area (Å²) in [5.74, 6) is 1.43. The fourth-order valence-corrected chi connectivity index (χ4v) is 3.39. The van der Waals surface area contributed by atoms with Gasteiger partial charge in [-0.15, -0.1) is 0 Å². The lowest BCUT2D eigenvalue weighted by atomic mass is 10.1. The molecule has 134 valence electrons. The molecule has 2 aliphatic rings. The van der Waals surface area contributed by atoms with Gasteiger partial charge >= 0.3 is 0 Å². The van der Waals surface area contributed by atoms with E-state index in [1.807, 2.05) is 0 Å². The summed E-state index contributed by atoms with van der Waals surface area (Å²) in [6.45, 7) is 6.28. The van der Waals surface area contributed by atoms with Crippen LogP contribution in [0.4, 0.5) is 0 Å². The van der Waals surface area contributed by atoms with Gasteiger partial charge in [0, 0.05) is 45.3 Å². The summed E-state index contributed by atoms with van der Waals surface area (Å²) in [5.41, 5.74) is 0. The molecule has 2 fully saturated rings. The van der Waals surface area contributed by atoms with Crippen LogP contribution in [-0.2, 0) is 16.1 Å². The number of carbonyl (C=O) groups excluding carboxylic acids is 1. The van der Waals surface area contributed by atoms with Crippen molar-refractivity contribution in [3.63, 3.8) is 0 Å². The molecule has 8 heteroatoms. The second-order valence-corrected chi connectivity index (χ2v) is 6.78. The van der Waals surface area contributed by atoms with Gasteiger partial charge in [-0.05, 0) is 26.3 Å². The van der Waals surface area contributed by atoms with Gasteiger partial charge in [0.25, 0.3) is 0 Å². The second-order valence-electron chi connectivity index (χ2n) is 6.78. The number of rotatable bonds is 6. The summed E-state index contributed by atoms with van der Waals surface area (Å²) in [7, 11) is 2.07. The summed E-state index contributed by atoms with van der Waals surface area (Å²) >= 11 is 0. The molecule has 1 aromatic heterocycles. The first-order valence-electron chi connectivity index (χ1n) is 8.69. The van der Waals surface area contributed by atoms with Crippen LogP contribution < -0.4 is 5.32 Å². The van der Waals surface area contributed by atoms with Crippen LogP contribution in [0.2, 0.25) is 0 Å². The van der Waals surface area contributed by atoms with Crippen LogP contribution in [0.15, 0.2) is 4.52 Å². The molecule has 3 rings (SSSR count). The fourth-order valence-electron chi connectivity index (χ4n) is 3.39. The minimum atomic E-state index is 0.124. The standard InChI is InChI=1S/C16H27N5O3/c1-12-17-15(19-24-12)10-20(2)14-3-6-21(9-14)11-16(22)18-13-4-7-23-8-5-13/h13-14H,3-11H2,1-2H3,(H,18,22)/t14-/m1/s1. The van der Waals surface area contributed by atoms with Gasteiger partial charge in [0.1, 0.15) is 0 Å². The molecule has 0 unspecified atom stereocenters. The number of hydrogen-bond donors (Lipinski definition) is 1. The number of hydrogen-bond acceptors (Lipinski definition) is 7. The predicted molar refractivity (Wildman–Crippen MR) is 87.3 cm³/mol. The highest BCUT2D eigenvalue weighted by Crippen LogP contribution is 2.16. The van der Waals surface area contributed by atoms with Crippen molar-refractivity contribution in [1.82, 2.24) is 25.3 Å². The van der Waals surface area contributed by atoms with Crippen LogP contribution in [0.25, 0.3) is 0 Å². The SMILES string of the molecule is Cc1nc(CN(C)[C@@H]2CCN(CC(=O)NC3CCOCC3)C2)no1. The van der Waals surface area contributed by atoms with E-state index in [1.54, 1.807) is 6.92 Å². The van der Waals surface area contributed by atoms with Crippen molar-refractivity contribution in [1.29, 1.82) is 0 Å². The number of nitrogens with zero attached hydrogens (tertiary/aromatic N) is 4. The zero-order chi connectivity index (χ0) is 16.9. The highest BCUT2D eigenvalue weighted by molar-refractivity contribution is 5.78. The van der Waals surface area contributed by atoms with Crippen molar-refractivity contribution in [2.45, 2.75) is 44.8 Å². The third-order valence-corrected chi connectivity index (χ3v) is 4.78. The third-order valence-electron chi connectivity index (χ3n) is 4.78. The van der Waals surface area contributed by atoms with Crippen LogP contribution in [0.3, 0.4) is 0 Å². The minimum absolute atomic E-state index is 0.124. The Bertz CT molecular complexity index is 544. The van der Waals surface area contributed by atoms with Gasteiger partial charge in [-0.2, -0.15) is 4.98 Å². The molecule has 2 aliphatic heterocycles. The molecule has 0 saturated carbocycles. The Hall–Kier alpha value is -1.51. The largest absolute Gasteiger partial charge is 0.381 e. The van der Waals surface area contributed by atoms with Gasteiger partial charge in [-0.1, -0.05) is 5.16 Å². The molecule has 1 N–H and O–H groups in total. The Morgan fingerprint density at radius 3 is 2.88 bits per heavy atom. The van der Waals surface area contributed by atoms with E-state index >= 15 is 0 Å². The lowest BCUT2D eigenvalue weighted by molar-refractivity contribution is -0.123. The maximum atomic E-state index is 12.2. The normalized spacial score (nSPS) is 23.0. The molecule has 0 aliphatic carbocycles. The number of carbonyl (C=O) groups is 1. The number of likely N-dealkylation sites (tertiary alicyclic amines) is 1. The van der Waals surface area contributed by atoms with Crippen molar-refractivity contribution >= 4 is 5.91 Å². The average molecular weight is 337 g/mol. The fraction of sp³-hybridized carbons (Fsp3) is 0.812. The molecule has 1 atom stereocenters. The molecular weight excluding hydrogens is 310 g/mol. The van der Waals surface area contributed by atoms with Gasteiger partial charge in [0.05, 0.1) is 13.1 Å². The summed E-state index contributed by atoms with van der Waals surface area (Å²) in [6, 6.07) is 0.688. The summed E-state index contributed by atoms with van der Waals surface area (Å²) in [6.07, 6.45) is 2.89. The van der Waals surface area contributed by atoms with Gasteiger partial charge in [-0.25, -0.2) is 0 Å². The Morgan fingerprint density at radius 2 is 2.17 bits per heavy atom. The molecule has 0 spiro atoms. The van der Waals surface area contributed by atoms with Crippen LogP contribution in [0.5, 0.6) is 0 Å². The Labute approximate surface area is 142 Å². The molecule has 3 heterocycles. The van der Waals surface area contributed by atoms with Crippen molar-refractivity contribution in [3.05, 3.63) is 11.7 Å². The quantitative estimate of drug-likeness (QED) is 0.793. The lowest BCUT2D eigenvalue weighted by Crippen LogP contribution is -2.44. The average Bonchev–Trinajstić information content (AvgIpc) is 3.17. The van der Waals surface area contributed by atoms with Gasteiger partial charge < -0.3 is 14.6 Å². The smallest absolute Gasteiger partial charge is 0.234 e. The van der Waals surface area contributed by atoms with E-state index in [1.165, 1.54) is 0 Å².